The second-order valence-electron chi connectivity index (χ2n) is 6.28. The van der Waals surface area contributed by atoms with E-state index in [0.29, 0.717) is 0 Å². The van der Waals surface area contributed by atoms with Crippen LogP contribution in [0.1, 0.15) is 41.3 Å². The van der Waals surface area contributed by atoms with Gasteiger partial charge in [-0.05, 0) is 60.1 Å². The standard InChI is InChI=1S/C18H19BrO/c1-18(10-3-11-20-18)17(19)15-9-8-13-7-6-12-4-2-5-14(15)16(12)13/h2,4-5,8-9,17H,3,6-7,10-11H2,1H3. The minimum atomic E-state index is -0.0709. The normalized spacial score (nSPS) is 26.3. The first-order chi connectivity index (χ1) is 9.69. The van der Waals surface area contributed by atoms with Crippen LogP contribution in [0.3, 0.4) is 0 Å². The van der Waals surface area contributed by atoms with Gasteiger partial charge in [-0.3, -0.25) is 0 Å². The molecule has 0 amide bonds. The molecule has 1 saturated heterocycles. The van der Waals surface area contributed by atoms with E-state index in [1.165, 1.54) is 46.7 Å². The predicted molar refractivity (Wildman–Crippen MR) is 86.6 cm³/mol. The van der Waals surface area contributed by atoms with Gasteiger partial charge in [0.1, 0.15) is 0 Å². The first kappa shape index (κ1) is 12.8. The minimum Gasteiger partial charge on any atom is -0.374 e. The quantitative estimate of drug-likeness (QED) is 0.708. The summed E-state index contributed by atoms with van der Waals surface area (Å²) in [5.41, 5.74) is 4.34. The van der Waals surface area contributed by atoms with Gasteiger partial charge in [0.25, 0.3) is 0 Å². The number of aryl methyl sites for hydroxylation is 2. The van der Waals surface area contributed by atoms with Gasteiger partial charge in [0, 0.05) is 6.61 Å². The average Bonchev–Trinajstić information content (AvgIpc) is 3.08. The fourth-order valence-electron chi connectivity index (χ4n) is 3.82. The van der Waals surface area contributed by atoms with E-state index in [0.717, 1.165) is 13.0 Å². The molecule has 0 radical (unpaired) electrons. The van der Waals surface area contributed by atoms with Gasteiger partial charge < -0.3 is 4.74 Å². The van der Waals surface area contributed by atoms with Gasteiger partial charge in [-0.1, -0.05) is 46.3 Å². The maximum absolute atomic E-state index is 6.03. The number of halogens is 1. The Bertz CT molecular complexity index is 660. The zero-order valence-corrected chi connectivity index (χ0v) is 13.4. The molecule has 0 bridgehead atoms. The average molecular weight is 331 g/mol. The Balaban J connectivity index is 1.89. The molecule has 1 nitrogen and oxygen atoms in total. The van der Waals surface area contributed by atoms with Gasteiger partial charge in [-0.15, -0.1) is 0 Å². The molecule has 104 valence electrons. The summed E-state index contributed by atoms with van der Waals surface area (Å²) in [5, 5.41) is 2.91. The van der Waals surface area contributed by atoms with E-state index < -0.39 is 0 Å². The van der Waals surface area contributed by atoms with Crippen molar-refractivity contribution in [3.63, 3.8) is 0 Å². The highest BCUT2D eigenvalue weighted by Gasteiger charge is 2.38. The van der Waals surface area contributed by atoms with Crippen molar-refractivity contribution in [2.24, 2.45) is 0 Å². The van der Waals surface area contributed by atoms with Crippen LogP contribution in [0.2, 0.25) is 0 Å². The van der Waals surface area contributed by atoms with E-state index in [9.17, 15) is 0 Å². The minimum absolute atomic E-state index is 0.0709. The van der Waals surface area contributed by atoms with Crippen LogP contribution in [-0.4, -0.2) is 12.2 Å². The van der Waals surface area contributed by atoms with Gasteiger partial charge in [0.2, 0.25) is 0 Å². The van der Waals surface area contributed by atoms with E-state index in [2.05, 4.69) is 53.2 Å². The molecular formula is C18H19BrO. The molecule has 2 aromatic rings. The van der Waals surface area contributed by atoms with Crippen molar-refractivity contribution in [1.82, 2.24) is 0 Å². The fraction of sp³-hybridized carbons (Fsp3) is 0.444. The molecule has 0 aromatic heterocycles. The van der Waals surface area contributed by atoms with Crippen LogP contribution in [0.25, 0.3) is 10.8 Å². The molecule has 1 aliphatic carbocycles. The lowest BCUT2D eigenvalue weighted by Crippen LogP contribution is -2.28. The number of rotatable bonds is 2. The van der Waals surface area contributed by atoms with Crippen molar-refractivity contribution in [2.75, 3.05) is 6.61 Å². The Morgan fingerprint density at radius 3 is 2.70 bits per heavy atom. The second-order valence-corrected chi connectivity index (χ2v) is 7.20. The lowest BCUT2D eigenvalue weighted by molar-refractivity contribution is 0.0200. The molecule has 1 fully saturated rings. The van der Waals surface area contributed by atoms with Crippen LogP contribution < -0.4 is 0 Å². The highest BCUT2D eigenvalue weighted by molar-refractivity contribution is 9.09. The first-order valence-electron chi connectivity index (χ1n) is 7.50. The molecule has 2 atom stereocenters. The van der Waals surface area contributed by atoms with E-state index >= 15 is 0 Å². The summed E-state index contributed by atoms with van der Waals surface area (Å²) in [7, 11) is 0. The van der Waals surface area contributed by atoms with E-state index in [-0.39, 0.29) is 10.4 Å². The molecule has 2 heteroatoms. The third-order valence-electron chi connectivity index (χ3n) is 4.97. The first-order valence-corrected chi connectivity index (χ1v) is 8.42. The van der Waals surface area contributed by atoms with Crippen molar-refractivity contribution in [3.8, 4) is 0 Å². The van der Waals surface area contributed by atoms with E-state index in [4.69, 9.17) is 4.74 Å². The van der Waals surface area contributed by atoms with Crippen LogP contribution in [0.5, 0.6) is 0 Å². The maximum atomic E-state index is 6.03. The molecule has 1 heterocycles. The van der Waals surface area contributed by atoms with Crippen molar-refractivity contribution >= 4 is 26.7 Å². The summed E-state index contributed by atoms with van der Waals surface area (Å²) in [4.78, 5) is 0.266. The maximum Gasteiger partial charge on any atom is 0.0820 e. The Kier molecular flexibility index (Phi) is 2.94. The van der Waals surface area contributed by atoms with Crippen LogP contribution >= 0.6 is 15.9 Å². The number of ether oxygens (including phenoxy) is 1. The van der Waals surface area contributed by atoms with Gasteiger partial charge >= 0.3 is 0 Å². The number of benzene rings is 2. The van der Waals surface area contributed by atoms with E-state index in [1.807, 2.05) is 0 Å². The molecule has 2 aromatic carbocycles. The van der Waals surface area contributed by atoms with Gasteiger partial charge in [0.05, 0.1) is 10.4 Å². The van der Waals surface area contributed by atoms with Crippen LogP contribution in [0.15, 0.2) is 30.3 Å². The largest absolute Gasteiger partial charge is 0.374 e. The zero-order valence-electron chi connectivity index (χ0n) is 11.8. The number of alkyl halides is 1. The molecule has 4 rings (SSSR count). The Labute approximate surface area is 128 Å². The molecule has 0 spiro atoms. The van der Waals surface area contributed by atoms with Crippen molar-refractivity contribution in [1.29, 1.82) is 0 Å². The van der Waals surface area contributed by atoms with Crippen molar-refractivity contribution < 1.29 is 4.74 Å². The van der Waals surface area contributed by atoms with Crippen molar-refractivity contribution in [3.05, 3.63) is 47.0 Å². The summed E-state index contributed by atoms with van der Waals surface area (Å²) < 4.78 is 6.03. The number of hydrogen-bond acceptors (Lipinski definition) is 1. The molecule has 20 heavy (non-hydrogen) atoms. The molecular weight excluding hydrogens is 312 g/mol. The molecule has 1 aliphatic heterocycles. The molecule has 2 unspecified atom stereocenters. The topological polar surface area (TPSA) is 9.23 Å². The van der Waals surface area contributed by atoms with Crippen LogP contribution in [0.4, 0.5) is 0 Å². The third-order valence-corrected chi connectivity index (χ3v) is 6.43. The predicted octanol–water partition coefficient (Wildman–Crippen LogP) is 4.94. The summed E-state index contributed by atoms with van der Waals surface area (Å²) in [5.74, 6) is 0. The number of hydrogen-bond donors (Lipinski definition) is 0. The molecule has 2 aliphatic rings. The summed E-state index contributed by atoms with van der Waals surface area (Å²) >= 11 is 3.93. The Morgan fingerprint density at radius 1 is 1.15 bits per heavy atom. The fourth-order valence-corrected chi connectivity index (χ4v) is 4.58. The Morgan fingerprint density at radius 2 is 1.95 bits per heavy atom. The lowest BCUT2D eigenvalue weighted by Gasteiger charge is -2.30. The van der Waals surface area contributed by atoms with Gasteiger partial charge in [0.15, 0.2) is 0 Å². The zero-order chi connectivity index (χ0) is 13.7. The smallest absolute Gasteiger partial charge is 0.0820 e. The van der Waals surface area contributed by atoms with Crippen LogP contribution in [0, 0.1) is 0 Å². The Hall–Kier alpha value is -0.860. The van der Waals surface area contributed by atoms with Crippen molar-refractivity contribution in [2.45, 2.75) is 43.0 Å². The third kappa shape index (κ3) is 1.78. The van der Waals surface area contributed by atoms with Gasteiger partial charge in [-0.2, -0.15) is 0 Å². The highest BCUT2D eigenvalue weighted by Crippen LogP contribution is 2.46. The van der Waals surface area contributed by atoms with E-state index in [1.54, 1.807) is 0 Å². The van der Waals surface area contributed by atoms with Gasteiger partial charge in [-0.25, -0.2) is 0 Å². The summed E-state index contributed by atoms with van der Waals surface area (Å²) in [6.45, 7) is 3.13. The van der Waals surface area contributed by atoms with Crippen LogP contribution in [-0.2, 0) is 17.6 Å². The summed E-state index contributed by atoms with van der Waals surface area (Å²) in [6, 6.07) is 11.4. The SMILES string of the molecule is CC1(C(Br)c2ccc3c4c(cccc24)CC3)CCCO1. The molecule has 0 N–H and O–H groups in total. The highest BCUT2D eigenvalue weighted by atomic mass is 79.9. The molecule has 0 saturated carbocycles. The second kappa shape index (κ2) is 4.57. The monoisotopic (exact) mass is 330 g/mol. The summed E-state index contributed by atoms with van der Waals surface area (Å²) in [6.07, 6.45) is 4.68. The lowest BCUT2D eigenvalue weighted by atomic mass is 9.89.